The third-order valence-corrected chi connectivity index (χ3v) is 3.83. The molecule has 4 aromatic rings. The molecular formula is C18H16N6. The summed E-state index contributed by atoms with van der Waals surface area (Å²) in [7, 11) is 0. The summed E-state index contributed by atoms with van der Waals surface area (Å²) in [4.78, 5) is 13.1. The average molecular weight is 316 g/mol. The van der Waals surface area contributed by atoms with Crippen LogP contribution in [0.2, 0.25) is 0 Å². The number of aromatic nitrogens is 5. The molecule has 118 valence electrons. The Morgan fingerprint density at radius 3 is 2.25 bits per heavy atom. The molecule has 0 unspecified atom stereocenters. The van der Waals surface area contributed by atoms with Crippen LogP contribution in [-0.4, -0.2) is 24.6 Å². The lowest BCUT2D eigenvalue weighted by Crippen LogP contribution is -2.07. The van der Waals surface area contributed by atoms with Crippen LogP contribution in [0, 0.1) is 0 Å². The summed E-state index contributed by atoms with van der Waals surface area (Å²) in [5.41, 5.74) is 10.0. The van der Waals surface area contributed by atoms with Crippen LogP contribution < -0.4 is 5.73 Å². The molecule has 4 heterocycles. The number of hydrogen-bond acceptors (Lipinski definition) is 5. The topological polar surface area (TPSA) is 82.0 Å². The van der Waals surface area contributed by atoms with E-state index in [2.05, 4.69) is 20.1 Å². The van der Waals surface area contributed by atoms with Gasteiger partial charge >= 0.3 is 0 Å². The minimum absolute atomic E-state index is 0.479. The fourth-order valence-electron chi connectivity index (χ4n) is 2.75. The standard InChI is InChI=1S/C18H16N6/c19-18-17-13(11-14-5-1-3-8-20-14)7-10-24(17)23-16(22-18)12-15-6-2-4-9-21-15/h1-10H,11-12H2,(H2,19,22,23). The van der Waals surface area contributed by atoms with Gasteiger partial charge < -0.3 is 5.73 Å². The molecule has 0 aromatic carbocycles. The Kier molecular flexibility index (Phi) is 3.63. The number of nitrogens with two attached hydrogens (primary N) is 1. The number of hydrogen-bond donors (Lipinski definition) is 1. The van der Waals surface area contributed by atoms with Crippen LogP contribution in [0.1, 0.15) is 22.8 Å². The summed E-state index contributed by atoms with van der Waals surface area (Å²) in [5.74, 6) is 1.13. The van der Waals surface area contributed by atoms with Crippen LogP contribution in [0.3, 0.4) is 0 Å². The molecule has 0 spiro atoms. The van der Waals surface area contributed by atoms with E-state index in [0.717, 1.165) is 22.5 Å². The van der Waals surface area contributed by atoms with Crippen LogP contribution in [-0.2, 0) is 12.8 Å². The molecule has 4 rings (SSSR count). The van der Waals surface area contributed by atoms with E-state index in [9.17, 15) is 0 Å². The maximum atomic E-state index is 6.20. The van der Waals surface area contributed by atoms with E-state index >= 15 is 0 Å². The molecule has 0 bridgehead atoms. The SMILES string of the molecule is Nc1nc(Cc2ccccn2)nn2ccc(Cc3ccccn3)c12. The maximum Gasteiger partial charge on any atom is 0.157 e. The molecule has 0 radical (unpaired) electrons. The van der Waals surface area contributed by atoms with Crippen molar-refractivity contribution in [2.45, 2.75) is 12.8 Å². The molecular weight excluding hydrogens is 300 g/mol. The van der Waals surface area contributed by atoms with Gasteiger partial charge in [-0.05, 0) is 35.9 Å². The zero-order chi connectivity index (χ0) is 16.4. The summed E-state index contributed by atoms with van der Waals surface area (Å²) in [6, 6.07) is 13.7. The zero-order valence-corrected chi connectivity index (χ0v) is 13.0. The van der Waals surface area contributed by atoms with Crippen molar-refractivity contribution in [3.63, 3.8) is 0 Å². The molecule has 0 saturated carbocycles. The van der Waals surface area contributed by atoms with Gasteiger partial charge in [0.1, 0.15) is 5.52 Å². The van der Waals surface area contributed by atoms with Crippen molar-refractivity contribution in [1.29, 1.82) is 0 Å². The van der Waals surface area contributed by atoms with Crippen LogP contribution in [0.5, 0.6) is 0 Å². The highest BCUT2D eigenvalue weighted by molar-refractivity contribution is 5.70. The highest BCUT2D eigenvalue weighted by atomic mass is 15.3. The lowest BCUT2D eigenvalue weighted by Gasteiger charge is -2.06. The summed E-state index contributed by atoms with van der Waals surface area (Å²) in [5, 5.41) is 4.56. The van der Waals surface area contributed by atoms with E-state index in [-0.39, 0.29) is 0 Å². The first-order valence-corrected chi connectivity index (χ1v) is 7.72. The Hall–Kier alpha value is -3.28. The third-order valence-electron chi connectivity index (χ3n) is 3.83. The van der Waals surface area contributed by atoms with Gasteiger partial charge in [-0.1, -0.05) is 12.1 Å². The zero-order valence-electron chi connectivity index (χ0n) is 13.0. The van der Waals surface area contributed by atoms with Crippen molar-refractivity contribution in [3.8, 4) is 0 Å². The third kappa shape index (κ3) is 2.81. The molecule has 0 fully saturated rings. The second-order valence-corrected chi connectivity index (χ2v) is 5.54. The smallest absolute Gasteiger partial charge is 0.157 e. The Bertz CT molecular complexity index is 963. The van der Waals surface area contributed by atoms with Gasteiger partial charge in [0.05, 0.1) is 6.42 Å². The molecule has 0 aliphatic heterocycles. The van der Waals surface area contributed by atoms with Crippen LogP contribution in [0.25, 0.3) is 5.52 Å². The van der Waals surface area contributed by atoms with E-state index in [1.54, 1.807) is 16.9 Å². The first-order valence-electron chi connectivity index (χ1n) is 7.72. The van der Waals surface area contributed by atoms with Crippen molar-refractivity contribution >= 4 is 11.3 Å². The number of nitrogen functional groups attached to an aromatic ring is 1. The van der Waals surface area contributed by atoms with Gasteiger partial charge in [-0.3, -0.25) is 9.97 Å². The minimum Gasteiger partial charge on any atom is -0.382 e. The van der Waals surface area contributed by atoms with Gasteiger partial charge in [0.2, 0.25) is 0 Å². The van der Waals surface area contributed by atoms with Gasteiger partial charge in [0.25, 0.3) is 0 Å². The van der Waals surface area contributed by atoms with Gasteiger partial charge in [-0.2, -0.15) is 5.10 Å². The number of rotatable bonds is 4. The molecule has 24 heavy (non-hydrogen) atoms. The minimum atomic E-state index is 0.479. The van der Waals surface area contributed by atoms with E-state index < -0.39 is 0 Å². The number of pyridine rings is 2. The first kappa shape index (κ1) is 14.3. The average Bonchev–Trinajstić information content (AvgIpc) is 3.00. The van der Waals surface area contributed by atoms with Crippen LogP contribution in [0.4, 0.5) is 5.82 Å². The van der Waals surface area contributed by atoms with E-state index in [4.69, 9.17) is 5.73 Å². The van der Waals surface area contributed by atoms with Crippen molar-refractivity contribution < 1.29 is 0 Å². The predicted octanol–water partition coefficient (Wildman–Crippen LogP) is 2.28. The molecule has 6 heteroatoms. The predicted molar refractivity (Wildman–Crippen MR) is 91.5 cm³/mol. The normalized spacial score (nSPS) is 11.0. The van der Waals surface area contributed by atoms with Crippen molar-refractivity contribution in [1.82, 2.24) is 24.6 Å². The van der Waals surface area contributed by atoms with Crippen molar-refractivity contribution in [2.75, 3.05) is 5.73 Å². The quantitative estimate of drug-likeness (QED) is 0.624. The highest BCUT2D eigenvalue weighted by Gasteiger charge is 2.12. The van der Waals surface area contributed by atoms with E-state index in [0.29, 0.717) is 24.5 Å². The molecule has 4 aromatic heterocycles. The summed E-state index contributed by atoms with van der Waals surface area (Å²) in [6.07, 6.45) is 6.71. The van der Waals surface area contributed by atoms with Crippen LogP contribution in [0.15, 0.2) is 61.1 Å². The molecule has 0 atom stereocenters. The fraction of sp³-hybridized carbons (Fsp3) is 0.111. The van der Waals surface area contributed by atoms with Gasteiger partial charge in [-0.15, -0.1) is 0 Å². The number of fused-ring (bicyclic) bond motifs is 1. The Labute approximate surface area is 139 Å². The lowest BCUT2D eigenvalue weighted by atomic mass is 10.1. The summed E-state index contributed by atoms with van der Waals surface area (Å²) < 4.78 is 1.79. The van der Waals surface area contributed by atoms with E-state index in [1.807, 2.05) is 48.7 Å². The van der Waals surface area contributed by atoms with Gasteiger partial charge in [-0.25, -0.2) is 9.50 Å². The molecule has 0 aliphatic rings. The molecule has 0 aliphatic carbocycles. The molecule has 0 amide bonds. The number of anilines is 1. The Morgan fingerprint density at radius 2 is 1.58 bits per heavy atom. The monoisotopic (exact) mass is 316 g/mol. The van der Waals surface area contributed by atoms with E-state index in [1.165, 1.54) is 0 Å². The highest BCUT2D eigenvalue weighted by Crippen LogP contribution is 2.20. The second-order valence-electron chi connectivity index (χ2n) is 5.54. The molecule has 6 nitrogen and oxygen atoms in total. The van der Waals surface area contributed by atoms with Crippen molar-refractivity contribution in [3.05, 3.63) is 83.8 Å². The van der Waals surface area contributed by atoms with Gasteiger partial charge in [0, 0.05) is 36.4 Å². The van der Waals surface area contributed by atoms with Crippen molar-refractivity contribution in [2.24, 2.45) is 0 Å². The molecule has 0 saturated heterocycles. The summed E-state index contributed by atoms with van der Waals surface area (Å²) >= 11 is 0. The largest absolute Gasteiger partial charge is 0.382 e. The Balaban J connectivity index is 1.68. The maximum absolute atomic E-state index is 6.20. The number of nitrogens with zero attached hydrogens (tertiary/aromatic N) is 5. The lowest BCUT2D eigenvalue weighted by molar-refractivity contribution is 0.818. The summed E-state index contributed by atoms with van der Waals surface area (Å²) in [6.45, 7) is 0. The Morgan fingerprint density at radius 1 is 0.875 bits per heavy atom. The van der Waals surface area contributed by atoms with Gasteiger partial charge in [0.15, 0.2) is 11.6 Å². The first-order chi connectivity index (χ1) is 11.8. The van der Waals surface area contributed by atoms with Crippen LogP contribution >= 0.6 is 0 Å². The fourth-order valence-corrected chi connectivity index (χ4v) is 2.75. The molecule has 2 N–H and O–H groups in total. The second kappa shape index (κ2) is 6.08.